The van der Waals surface area contributed by atoms with Gasteiger partial charge in [-0.3, -0.25) is 4.79 Å². The summed E-state index contributed by atoms with van der Waals surface area (Å²) >= 11 is 0. The molecule has 0 saturated carbocycles. The van der Waals surface area contributed by atoms with Crippen molar-refractivity contribution in [2.45, 2.75) is 38.7 Å². The van der Waals surface area contributed by atoms with Crippen LogP contribution in [0.1, 0.15) is 36.0 Å². The molecule has 1 heterocycles. The second kappa shape index (κ2) is 9.47. The zero-order valence-electron chi connectivity index (χ0n) is 17.0. The monoisotopic (exact) mass is 421 g/mol. The molecule has 1 aromatic heterocycles. The number of hydrogen-bond donors (Lipinski definition) is 1. The van der Waals surface area contributed by atoms with Crippen molar-refractivity contribution in [2.75, 3.05) is 6.54 Å². The molecule has 1 aliphatic rings. The zero-order chi connectivity index (χ0) is 21.6. The molecule has 0 spiro atoms. The third-order valence-corrected chi connectivity index (χ3v) is 5.24. The maximum absolute atomic E-state index is 12.2. The van der Waals surface area contributed by atoms with Crippen molar-refractivity contribution in [3.05, 3.63) is 75.6 Å². The van der Waals surface area contributed by atoms with E-state index in [9.17, 15) is 14.4 Å². The highest BCUT2D eigenvalue weighted by Gasteiger charge is 2.18. The Morgan fingerprint density at radius 1 is 1.00 bits per heavy atom. The predicted octanol–water partition coefficient (Wildman–Crippen LogP) is 3.89. The number of alkyl carbamates (subject to hydrolysis) is 1. The van der Waals surface area contributed by atoms with Gasteiger partial charge >= 0.3 is 17.7 Å². The van der Waals surface area contributed by atoms with E-state index in [0.717, 1.165) is 47.8 Å². The molecule has 0 radical (unpaired) electrons. The van der Waals surface area contributed by atoms with E-state index >= 15 is 0 Å². The summed E-state index contributed by atoms with van der Waals surface area (Å²) in [6.07, 6.45) is 3.00. The lowest BCUT2D eigenvalue weighted by atomic mass is 9.91. The summed E-state index contributed by atoms with van der Waals surface area (Å²) in [5.41, 5.74) is 2.77. The topological polar surface area (TPSA) is 94.8 Å². The molecule has 0 atom stereocenters. The first-order chi connectivity index (χ1) is 15.1. The van der Waals surface area contributed by atoms with Crippen LogP contribution in [0, 0.1) is 0 Å². The van der Waals surface area contributed by atoms with Gasteiger partial charge in [0.1, 0.15) is 17.9 Å². The minimum atomic E-state index is -0.603. The number of amides is 1. The maximum Gasteiger partial charge on any atom is 0.407 e. The Hall–Kier alpha value is -3.61. The van der Waals surface area contributed by atoms with Gasteiger partial charge in [-0.2, -0.15) is 0 Å². The highest BCUT2D eigenvalue weighted by molar-refractivity contribution is 5.84. The van der Waals surface area contributed by atoms with Crippen LogP contribution in [0.3, 0.4) is 0 Å². The van der Waals surface area contributed by atoms with Crippen molar-refractivity contribution in [1.29, 1.82) is 0 Å². The summed E-state index contributed by atoms with van der Waals surface area (Å²) in [4.78, 5) is 36.1. The summed E-state index contributed by atoms with van der Waals surface area (Å²) in [5.74, 6) is -0.217. The van der Waals surface area contributed by atoms with Crippen LogP contribution in [0.25, 0.3) is 11.0 Å². The number of aryl methyl sites for hydroxylation is 1. The third kappa shape index (κ3) is 5.12. The van der Waals surface area contributed by atoms with Gasteiger partial charge in [-0.15, -0.1) is 0 Å². The first kappa shape index (κ1) is 20.7. The lowest BCUT2D eigenvalue weighted by Gasteiger charge is -2.16. The molecule has 1 N–H and O–H groups in total. The molecule has 0 fully saturated rings. The molecule has 160 valence electrons. The summed E-state index contributed by atoms with van der Waals surface area (Å²) in [7, 11) is 0. The summed E-state index contributed by atoms with van der Waals surface area (Å²) < 4.78 is 15.9. The molecule has 1 amide bonds. The van der Waals surface area contributed by atoms with Gasteiger partial charge in [0.05, 0.1) is 6.42 Å². The summed E-state index contributed by atoms with van der Waals surface area (Å²) in [6.45, 7) is 0.242. The number of carbonyl (C=O) groups is 2. The average Bonchev–Trinajstić information content (AvgIpc) is 2.78. The number of nitrogens with one attached hydrogen (secondary N) is 1. The van der Waals surface area contributed by atoms with Gasteiger partial charge in [0.2, 0.25) is 0 Å². The van der Waals surface area contributed by atoms with E-state index in [-0.39, 0.29) is 25.2 Å². The quantitative estimate of drug-likeness (QED) is 0.369. The Bertz CT molecular complexity index is 1150. The van der Waals surface area contributed by atoms with Crippen molar-refractivity contribution in [3.63, 3.8) is 0 Å². The van der Waals surface area contributed by atoms with E-state index in [4.69, 9.17) is 13.9 Å². The van der Waals surface area contributed by atoms with E-state index in [1.165, 1.54) is 0 Å². The van der Waals surface area contributed by atoms with E-state index in [1.54, 1.807) is 12.1 Å². The standard InChI is InChI=1S/C24H23NO6/c26-22(12-13-25-24(28)29-15-16-6-2-1-3-7-16)30-17-10-11-19-18-8-4-5-9-20(18)23(27)31-21(19)14-17/h1-3,6-7,10-11,14H,4-5,8-9,12-13,15H2,(H,25,28). The SMILES string of the molecule is O=C(CCNC(=O)OCc1ccccc1)Oc1ccc2c3c(c(=O)oc2c1)CCCC3. The van der Waals surface area contributed by atoms with Gasteiger partial charge in [0.15, 0.2) is 0 Å². The second-order valence-electron chi connectivity index (χ2n) is 7.42. The fourth-order valence-corrected chi connectivity index (χ4v) is 3.71. The lowest BCUT2D eigenvalue weighted by Crippen LogP contribution is -2.27. The normalized spacial score (nSPS) is 12.8. The van der Waals surface area contributed by atoms with Crippen LogP contribution in [0.5, 0.6) is 5.75 Å². The molecule has 1 aliphatic carbocycles. The van der Waals surface area contributed by atoms with Crippen LogP contribution in [0.2, 0.25) is 0 Å². The van der Waals surface area contributed by atoms with Gasteiger partial charge in [-0.25, -0.2) is 9.59 Å². The molecular weight excluding hydrogens is 398 g/mol. The van der Waals surface area contributed by atoms with Gasteiger partial charge in [0, 0.05) is 23.6 Å². The van der Waals surface area contributed by atoms with Crippen LogP contribution in [-0.4, -0.2) is 18.6 Å². The first-order valence-electron chi connectivity index (χ1n) is 10.3. The molecule has 0 aliphatic heterocycles. The number of esters is 1. The van der Waals surface area contributed by atoms with Gasteiger partial charge in [0.25, 0.3) is 0 Å². The third-order valence-electron chi connectivity index (χ3n) is 5.24. The number of benzene rings is 2. The molecule has 7 heteroatoms. The zero-order valence-corrected chi connectivity index (χ0v) is 17.0. The fraction of sp³-hybridized carbons (Fsp3) is 0.292. The Kier molecular flexibility index (Phi) is 6.31. The van der Waals surface area contributed by atoms with Crippen LogP contribution < -0.4 is 15.7 Å². The molecular formula is C24H23NO6. The van der Waals surface area contributed by atoms with Gasteiger partial charge in [-0.1, -0.05) is 30.3 Å². The van der Waals surface area contributed by atoms with E-state index in [1.807, 2.05) is 36.4 Å². The van der Waals surface area contributed by atoms with Crippen molar-refractivity contribution in [3.8, 4) is 5.75 Å². The molecule has 0 unspecified atom stereocenters. The number of fused-ring (bicyclic) bond motifs is 3. The van der Waals surface area contributed by atoms with Gasteiger partial charge in [-0.05, 0) is 48.9 Å². The molecule has 2 aromatic carbocycles. The Morgan fingerprint density at radius 2 is 1.77 bits per heavy atom. The minimum absolute atomic E-state index is 0.0212. The molecule has 0 saturated heterocycles. The Morgan fingerprint density at radius 3 is 2.58 bits per heavy atom. The fourth-order valence-electron chi connectivity index (χ4n) is 3.71. The molecule has 0 bridgehead atoms. The maximum atomic E-state index is 12.2. The minimum Gasteiger partial charge on any atom is -0.445 e. The van der Waals surface area contributed by atoms with Crippen molar-refractivity contribution >= 4 is 23.0 Å². The van der Waals surface area contributed by atoms with Crippen molar-refractivity contribution < 1.29 is 23.5 Å². The molecule has 3 aromatic rings. The van der Waals surface area contributed by atoms with Crippen LogP contribution >= 0.6 is 0 Å². The average molecular weight is 421 g/mol. The highest BCUT2D eigenvalue weighted by atomic mass is 16.5. The number of ether oxygens (including phenoxy) is 2. The summed E-state index contributed by atoms with van der Waals surface area (Å²) in [5, 5.41) is 3.41. The van der Waals surface area contributed by atoms with E-state index in [0.29, 0.717) is 11.3 Å². The van der Waals surface area contributed by atoms with Crippen molar-refractivity contribution in [1.82, 2.24) is 5.32 Å². The van der Waals surface area contributed by atoms with Crippen LogP contribution in [-0.2, 0) is 29.0 Å². The van der Waals surface area contributed by atoms with Gasteiger partial charge < -0.3 is 19.2 Å². The smallest absolute Gasteiger partial charge is 0.407 e. The first-order valence-corrected chi connectivity index (χ1v) is 10.3. The largest absolute Gasteiger partial charge is 0.445 e. The van der Waals surface area contributed by atoms with Crippen LogP contribution in [0.15, 0.2) is 57.7 Å². The molecule has 7 nitrogen and oxygen atoms in total. The Balaban J connectivity index is 1.29. The molecule has 31 heavy (non-hydrogen) atoms. The summed E-state index contributed by atoms with van der Waals surface area (Å²) in [6, 6.07) is 14.4. The number of hydrogen-bond acceptors (Lipinski definition) is 6. The van der Waals surface area contributed by atoms with E-state index < -0.39 is 12.1 Å². The Labute approximate surface area is 179 Å². The van der Waals surface area contributed by atoms with Crippen LogP contribution in [0.4, 0.5) is 4.79 Å². The number of rotatable bonds is 6. The second-order valence-corrected chi connectivity index (χ2v) is 7.42. The molecule has 4 rings (SSSR count). The van der Waals surface area contributed by atoms with E-state index in [2.05, 4.69) is 5.32 Å². The number of carbonyl (C=O) groups excluding carboxylic acids is 2. The highest BCUT2D eigenvalue weighted by Crippen LogP contribution is 2.29. The predicted molar refractivity (Wildman–Crippen MR) is 114 cm³/mol. The van der Waals surface area contributed by atoms with Crippen molar-refractivity contribution in [2.24, 2.45) is 0 Å². The lowest BCUT2D eigenvalue weighted by molar-refractivity contribution is -0.134.